The first-order chi connectivity index (χ1) is 8.83. The molecule has 18 heavy (non-hydrogen) atoms. The van der Waals surface area contributed by atoms with Crippen LogP contribution in [0.5, 0.6) is 0 Å². The highest BCUT2D eigenvalue weighted by Crippen LogP contribution is 2.22. The van der Waals surface area contributed by atoms with E-state index in [0.29, 0.717) is 0 Å². The van der Waals surface area contributed by atoms with Crippen LogP contribution in [0.4, 0.5) is 0 Å². The van der Waals surface area contributed by atoms with Gasteiger partial charge in [-0.2, -0.15) is 0 Å². The average Bonchev–Trinajstić information content (AvgIpc) is 2.74. The van der Waals surface area contributed by atoms with E-state index in [2.05, 4.69) is 29.4 Å². The SMILES string of the molecule is CCCc1nc(Cc2ccncc2)sc1CNC. The predicted molar refractivity (Wildman–Crippen MR) is 75.9 cm³/mol. The van der Waals surface area contributed by atoms with Crippen molar-refractivity contribution in [2.24, 2.45) is 0 Å². The molecule has 2 aromatic heterocycles. The van der Waals surface area contributed by atoms with Crippen LogP contribution in [0, 0.1) is 0 Å². The Labute approximate surface area is 112 Å². The molecular weight excluding hydrogens is 242 g/mol. The van der Waals surface area contributed by atoms with Crippen molar-refractivity contribution < 1.29 is 0 Å². The Balaban J connectivity index is 2.15. The topological polar surface area (TPSA) is 37.8 Å². The van der Waals surface area contributed by atoms with E-state index in [0.717, 1.165) is 25.8 Å². The van der Waals surface area contributed by atoms with E-state index in [1.54, 1.807) is 0 Å². The number of hydrogen-bond donors (Lipinski definition) is 1. The molecule has 0 aliphatic carbocycles. The molecule has 0 saturated heterocycles. The largest absolute Gasteiger partial charge is 0.315 e. The Kier molecular flexibility index (Phi) is 4.84. The van der Waals surface area contributed by atoms with Gasteiger partial charge in [-0.3, -0.25) is 4.98 Å². The van der Waals surface area contributed by atoms with Crippen LogP contribution >= 0.6 is 11.3 Å². The van der Waals surface area contributed by atoms with Crippen molar-refractivity contribution >= 4 is 11.3 Å². The van der Waals surface area contributed by atoms with Crippen LogP contribution in [-0.4, -0.2) is 17.0 Å². The van der Waals surface area contributed by atoms with Crippen LogP contribution in [0.2, 0.25) is 0 Å². The third kappa shape index (κ3) is 3.37. The zero-order valence-corrected chi connectivity index (χ0v) is 11.8. The van der Waals surface area contributed by atoms with Gasteiger partial charge in [0.1, 0.15) is 0 Å². The predicted octanol–water partition coefficient (Wildman–Crippen LogP) is 2.80. The summed E-state index contributed by atoms with van der Waals surface area (Å²) >= 11 is 1.82. The Morgan fingerprint density at radius 3 is 2.72 bits per heavy atom. The molecule has 2 rings (SSSR count). The number of pyridine rings is 1. The lowest BCUT2D eigenvalue weighted by Crippen LogP contribution is -2.05. The zero-order chi connectivity index (χ0) is 12.8. The Morgan fingerprint density at radius 1 is 1.28 bits per heavy atom. The molecule has 1 N–H and O–H groups in total. The smallest absolute Gasteiger partial charge is 0.0975 e. The second-order valence-corrected chi connectivity index (χ2v) is 5.46. The van der Waals surface area contributed by atoms with Crippen molar-refractivity contribution in [1.29, 1.82) is 0 Å². The highest BCUT2D eigenvalue weighted by atomic mass is 32.1. The molecule has 0 spiro atoms. The van der Waals surface area contributed by atoms with E-state index in [-0.39, 0.29) is 0 Å². The molecule has 0 amide bonds. The van der Waals surface area contributed by atoms with Crippen molar-refractivity contribution in [3.05, 3.63) is 45.7 Å². The monoisotopic (exact) mass is 261 g/mol. The molecule has 0 aliphatic rings. The highest BCUT2D eigenvalue weighted by molar-refractivity contribution is 7.11. The van der Waals surface area contributed by atoms with E-state index in [9.17, 15) is 0 Å². The van der Waals surface area contributed by atoms with E-state index >= 15 is 0 Å². The van der Waals surface area contributed by atoms with E-state index in [4.69, 9.17) is 4.98 Å². The lowest BCUT2D eigenvalue weighted by molar-refractivity contribution is 0.796. The minimum Gasteiger partial charge on any atom is -0.315 e. The number of aromatic nitrogens is 2. The Bertz CT molecular complexity index is 456. The Hall–Kier alpha value is -1.26. The fourth-order valence-corrected chi connectivity index (χ4v) is 3.08. The van der Waals surface area contributed by atoms with Gasteiger partial charge < -0.3 is 5.32 Å². The standard InChI is InChI=1S/C14H19N3S/c1-3-4-12-13(10-15-2)18-14(17-12)9-11-5-7-16-8-6-11/h5-8,15H,3-4,9-10H2,1-2H3. The molecule has 2 aromatic rings. The molecule has 2 heterocycles. The summed E-state index contributed by atoms with van der Waals surface area (Å²) < 4.78 is 0. The maximum Gasteiger partial charge on any atom is 0.0975 e. The number of hydrogen-bond acceptors (Lipinski definition) is 4. The van der Waals surface area contributed by atoms with Crippen molar-refractivity contribution in [2.45, 2.75) is 32.7 Å². The van der Waals surface area contributed by atoms with Gasteiger partial charge >= 0.3 is 0 Å². The van der Waals surface area contributed by atoms with Crippen LogP contribution in [0.1, 0.15) is 34.5 Å². The molecule has 0 fully saturated rings. The van der Waals surface area contributed by atoms with Crippen LogP contribution in [0.25, 0.3) is 0 Å². The van der Waals surface area contributed by atoms with Crippen molar-refractivity contribution in [1.82, 2.24) is 15.3 Å². The van der Waals surface area contributed by atoms with Gasteiger partial charge in [-0.15, -0.1) is 11.3 Å². The lowest BCUT2D eigenvalue weighted by atomic mass is 10.2. The van der Waals surface area contributed by atoms with E-state index in [1.165, 1.54) is 21.1 Å². The molecule has 0 aromatic carbocycles. The third-order valence-electron chi connectivity index (χ3n) is 2.75. The van der Waals surface area contributed by atoms with Crippen LogP contribution in [-0.2, 0) is 19.4 Å². The fourth-order valence-electron chi connectivity index (χ4n) is 1.92. The van der Waals surface area contributed by atoms with Gasteiger partial charge in [0.15, 0.2) is 0 Å². The summed E-state index contributed by atoms with van der Waals surface area (Å²) in [4.78, 5) is 10.2. The molecule has 0 atom stereocenters. The normalized spacial score (nSPS) is 10.8. The summed E-state index contributed by atoms with van der Waals surface area (Å²) in [6.07, 6.45) is 6.81. The molecular formula is C14H19N3S. The number of thiazole rings is 1. The van der Waals surface area contributed by atoms with E-state index < -0.39 is 0 Å². The van der Waals surface area contributed by atoms with Gasteiger partial charge in [-0.1, -0.05) is 13.3 Å². The summed E-state index contributed by atoms with van der Waals surface area (Å²) in [5.74, 6) is 0. The maximum atomic E-state index is 4.77. The molecule has 96 valence electrons. The summed E-state index contributed by atoms with van der Waals surface area (Å²) in [5.41, 5.74) is 2.54. The molecule has 0 saturated carbocycles. The van der Waals surface area contributed by atoms with Gasteiger partial charge in [-0.25, -0.2) is 4.98 Å². The first-order valence-electron chi connectivity index (χ1n) is 6.34. The van der Waals surface area contributed by atoms with Gasteiger partial charge in [0.05, 0.1) is 10.7 Å². The summed E-state index contributed by atoms with van der Waals surface area (Å²) in [6, 6.07) is 4.11. The average molecular weight is 261 g/mol. The highest BCUT2D eigenvalue weighted by Gasteiger charge is 2.10. The number of nitrogens with zero attached hydrogens (tertiary/aromatic N) is 2. The van der Waals surface area contributed by atoms with Crippen LogP contribution < -0.4 is 5.32 Å². The van der Waals surface area contributed by atoms with E-state index in [1.807, 2.05) is 30.8 Å². The number of rotatable bonds is 6. The molecule has 4 heteroatoms. The van der Waals surface area contributed by atoms with Gasteiger partial charge in [0.25, 0.3) is 0 Å². The quantitative estimate of drug-likeness (QED) is 0.869. The second-order valence-electron chi connectivity index (χ2n) is 4.29. The lowest BCUT2D eigenvalue weighted by Gasteiger charge is -1.98. The zero-order valence-electron chi connectivity index (χ0n) is 10.9. The van der Waals surface area contributed by atoms with Crippen molar-refractivity contribution in [3.8, 4) is 0 Å². The summed E-state index contributed by atoms with van der Waals surface area (Å²) in [7, 11) is 1.98. The fraction of sp³-hybridized carbons (Fsp3) is 0.429. The molecule has 0 unspecified atom stereocenters. The third-order valence-corrected chi connectivity index (χ3v) is 3.85. The summed E-state index contributed by atoms with van der Waals surface area (Å²) in [5, 5.41) is 4.42. The van der Waals surface area contributed by atoms with Gasteiger partial charge in [-0.05, 0) is 31.2 Å². The van der Waals surface area contributed by atoms with Crippen LogP contribution in [0.15, 0.2) is 24.5 Å². The molecule has 3 nitrogen and oxygen atoms in total. The summed E-state index contributed by atoms with van der Waals surface area (Å²) in [6.45, 7) is 3.12. The van der Waals surface area contributed by atoms with Crippen molar-refractivity contribution in [2.75, 3.05) is 7.05 Å². The minimum atomic E-state index is 0.910. The number of nitrogens with one attached hydrogen (secondary N) is 1. The molecule has 0 bridgehead atoms. The van der Waals surface area contributed by atoms with Crippen molar-refractivity contribution in [3.63, 3.8) is 0 Å². The van der Waals surface area contributed by atoms with Gasteiger partial charge in [0.2, 0.25) is 0 Å². The Morgan fingerprint density at radius 2 is 2.06 bits per heavy atom. The maximum absolute atomic E-state index is 4.77. The molecule has 0 radical (unpaired) electrons. The second kappa shape index (κ2) is 6.61. The molecule has 0 aliphatic heterocycles. The first kappa shape index (κ1) is 13.2. The van der Waals surface area contributed by atoms with Gasteiger partial charge in [0, 0.05) is 30.2 Å². The first-order valence-corrected chi connectivity index (χ1v) is 7.16. The number of aryl methyl sites for hydroxylation is 1. The van der Waals surface area contributed by atoms with Crippen LogP contribution in [0.3, 0.4) is 0 Å². The minimum absolute atomic E-state index is 0.910.